The Hall–Kier alpha value is -0.743. The Morgan fingerprint density at radius 3 is 2.55 bits per heavy atom. The lowest BCUT2D eigenvalue weighted by Gasteiger charge is -2.16. The standard InChI is InChI=1S/C12H19IN2O4Si/c1-9-11(15(17)18)7-10(13)12(16)14(9)8-19-5-6-20(2,3)4/h7H,5-6,8H2,1-4H3. The van der Waals surface area contributed by atoms with E-state index < -0.39 is 13.0 Å². The van der Waals surface area contributed by atoms with Crippen molar-refractivity contribution in [1.82, 2.24) is 4.57 Å². The fraction of sp³-hybridized carbons (Fsp3) is 0.583. The van der Waals surface area contributed by atoms with Gasteiger partial charge >= 0.3 is 0 Å². The van der Waals surface area contributed by atoms with Gasteiger partial charge in [0, 0.05) is 20.7 Å². The second kappa shape index (κ2) is 6.81. The van der Waals surface area contributed by atoms with Gasteiger partial charge < -0.3 is 4.74 Å². The molecule has 0 fully saturated rings. The number of nitrogens with zero attached hydrogens (tertiary/aromatic N) is 2. The van der Waals surface area contributed by atoms with Crippen molar-refractivity contribution >= 4 is 36.4 Å². The minimum atomic E-state index is -1.18. The van der Waals surface area contributed by atoms with Gasteiger partial charge in [0.2, 0.25) is 0 Å². The summed E-state index contributed by atoms with van der Waals surface area (Å²) in [6.45, 7) is 8.92. The molecule has 0 saturated heterocycles. The fourth-order valence-corrected chi connectivity index (χ4v) is 2.92. The summed E-state index contributed by atoms with van der Waals surface area (Å²) in [5.74, 6) is 0. The third-order valence-electron chi connectivity index (χ3n) is 2.90. The molecule has 0 aliphatic heterocycles. The lowest BCUT2D eigenvalue weighted by atomic mass is 10.3. The van der Waals surface area contributed by atoms with E-state index in [9.17, 15) is 14.9 Å². The molecule has 0 atom stereocenters. The largest absolute Gasteiger partial charge is 0.361 e. The maximum atomic E-state index is 12.0. The van der Waals surface area contributed by atoms with Crippen LogP contribution in [0.1, 0.15) is 5.69 Å². The quantitative estimate of drug-likeness (QED) is 0.238. The molecule has 0 bridgehead atoms. The van der Waals surface area contributed by atoms with Crippen molar-refractivity contribution in [3.63, 3.8) is 0 Å². The molecule has 1 rings (SSSR count). The Balaban J connectivity index is 2.90. The van der Waals surface area contributed by atoms with Gasteiger partial charge in [0.1, 0.15) is 6.73 Å². The number of aromatic nitrogens is 1. The normalized spacial score (nSPS) is 11.7. The molecule has 8 heteroatoms. The summed E-state index contributed by atoms with van der Waals surface area (Å²) in [6, 6.07) is 2.30. The number of rotatable bonds is 6. The van der Waals surface area contributed by atoms with Gasteiger partial charge in [-0.05, 0) is 35.6 Å². The molecule has 0 aromatic carbocycles. The zero-order chi connectivity index (χ0) is 15.5. The predicted molar refractivity (Wildman–Crippen MR) is 88.9 cm³/mol. The van der Waals surface area contributed by atoms with Crippen LogP contribution in [0.25, 0.3) is 0 Å². The fourth-order valence-electron chi connectivity index (χ4n) is 1.58. The Labute approximate surface area is 132 Å². The maximum Gasteiger partial charge on any atom is 0.289 e. The van der Waals surface area contributed by atoms with Crippen LogP contribution >= 0.6 is 22.6 Å². The molecule has 20 heavy (non-hydrogen) atoms. The minimum absolute atomic E-state index is 0.0530. The minimum Gasteiger partial charge on any atom is -0.361 e. The average Bonchev–Trinajstić information content (AvgIpc) is 2.31. The summed E-state index contributed by atoms with van der Waals surface area (Å²) in [7, 11) is -1.18. The second-order valence-corrected chi connectivity index (χ2v) is 12.6. The summed E-state index contributed by atoms with van der Waals surface area (Å²) in [4.78, 5) is 22.5. The van der Waals surface area contributed by atoms with Crippen LogP contribution in [0.15, 0.2) is 10.9 Å². The Kier molecular flexibility index (Phi) is 5.89. The number of nitro groups is 1. The van der Waals surface area contributed by atoms with Crippen LogP contribution < -0.4 is 5.56 Å². The highest BCUT2D eigenvalue weighted by Gasteiger charge is 2.18. The molecular formula is C12H19IN2O4Si. The first-order valence-electron chi connectivity index (χ1n) is 6.25. The molecule has 0 N–H and O–H groups in total. The summed E-state index contributed by atoms with van der Waals surface area (Å²) >= 11 is 1.81. The van der Waals surface area contributed by atoms with E-state index in [1.54, 1.807) is 6.92 Å². The van der Waals surface area contributed by atoms with Crippen molar-refractivity contribution in [2.75, 3.05) is 6.61 Å². The van der Waals surface area contributed by atoms with Crippen LogP contribution in [0.2, 0.25) is 25.7 Å². The predicted octanol–water partition coefficient (Wildman–Crippen LogP) is 2.98. The van der Waals surface area contributed by atoms with E-state index in [1.165, 1.54) is 10.6 Å². The topological polar surface area (TPSA) is 74.4 Å². The smallest absolute Gasteiger partial charge is 0.289 e. The highest BCUT2D eigenvalue weighted by molar-refractivity contribution is 14.1. The lowest BCUT2D eigenvalue weighted by Crippen LogP contribution is -2.28. The van der Waals surface area contributed by atoms with Crippen molar-refractivity contribution in [3.8, 4) is 0 Å². The number of hydrogen-bond donors (Lipinski definition) is 0. The Bertz CT molecular complexity index is 566. The van der Waals surface area contributed by atoms with Crippen molar-refractivity contribution < 1.29 is 9.66 Å². The van der Waals surface area contributed by atoms with Crippen LogP contribution in [-0.2, 0) is 11.5 Å². The zero-order valence-electron chi connectivity index (χ0n) is 12.1. The first-order valence-corrected chi connectivity index (χ1v) is 11.0. The average molecular weight is 410 g/mol. The monoisotopic (exact) mass is 410 g/mol. The molecule has 0 spiro atoms. The van der Waals surface area contributed by atoms with E-state index in [2.05, 4.69) is 19.6 Å². The van der Waals surface area contributed by atoms with Crippen molar-refractivity contribution in [3.05, 3.63) is 35.8 Å². The van der Waals surface area contributed by atoms with Crippen molar-refractivity contribution in [2.24, 2.45) is 0 Å². The summed E-state index contributed by atoms with van der Waals surface area (Å²) in [5, 5.41) is 11.0. The van der Waals surface area contributed by atoms with Gasteiger partial charge in [-0.2, -0.15) is 0 Å². The number of halogens is 1. The van der Waals surface area contributed by atoms with Crippen LogP contribution in [0.3, 0.4) is 0 Å². The number of pyridine rings is 1. The van der Waals surface area contributed by atoms with E-state index in [0.717, 1.165) is 6.04 Å². The van der Waals surface area contributed by atoms with E-state index in [0.29, 0.717) is 15.9 Å². The summed E-state index contributed by atoms with van der Waals surface area (Å²) < 4.78 is 7.17. The zero-order valence-corrected chi connectivity index (χ0v) is 15.3. The van der Waals surface area contributed by atoms with Gasteiger partial charge in [-0.25, -0.2) is 0 Å². The molecule has 6 nitrogen and oxygen atoms in total. The molecule has 112 valence electrons. The molecular weight excluding hydrogens is 391 g/mol. The Morgan fingerprint density at radius 1 is 1.45 bits per heavy atom. The Morgan fingerprint density at radius 2 is 2.05 bits per heavy atom. The van der Waals surface area contributed by atoms with Crippen LogP contribution in [0.5, 0.6) is 0 Å². The van der Waals surface area contributed by atoms with Gasteiger partial charge in [0.15, 0.2) is 0 Å². The van der Waals surface area contributed by atoms with Crippen LogP contribution in [0, 0.1) is 20.6 Å². The second-order valence-electron chi connectivity index (χ2n) is 5.80. The molecule has 0 radical (unpaired) electrons. The maximum absolute atomic E-state index is 12.0. The molecule has 0 aliphatic rings. The van der Waals surface area contributed by atoms with Gasteiger partial charge in [0.25, 0.3) is 11.2 Å². The van der Waals surface area contributed by atoms with Crippen LogP contribution in [0.4, 0.5) is 5.69 Å². The van der Waals surface area contributed by atoms with E-state index >= 15 is 0 Å². The first-order chi connectivity index (χ1) is 9.13. The molecule has 0 saturated carbocycles. The highest BCUT2D eigenvalue weighted by Crippen LogP contribution is 2.18. The van der Waals surface area contributed by atoms with Gasteiger partial charge in [-0.1, -0.05) is 19.6 Å². The lowest BCUT2D eigenvalue weighted by molar-refractivity contribution is -0.386. The first kappa shape index (κ1) is 17.3. The van der Waals surface area contributed by atoms with E-state index in [4.69, 9.17) is 4.74 Å². The molecule has 1 aromatic rings. The van der Waals surface area contributed by atoms with Gasteiger partial charge in [-0.15, -0.1) is 0 Å². The van der Waals surface area contributed by atoms with Crippen molar-refractivity contribution in [1.29, 1.82) is 0 Å². The third kappa shape index (κ3) is 4.67. The molecule has 0 amide bonds. The number of ether oxygens (including phenoxy) is 1. The van der Waals surface area contributed by atoms with Crippen LogP contribution in [-0.4, -0.2) is 24.2 Å². The van der Waals surface area contributed by atoms with E-state index in [1.807, 2.05) is 22.6 Å². The number of hydrogen-bond acceptors (Lipinski definition) is 4. The van der Waals surface area contributed by atoms with Gasteiger partial charge in [0.05, 0.1) is 14.2 Å². The van der Waals surface area contributed by atoms with Crippen molar-refractivity contribution in [2.45, 2.75) is 39.3 Å². The summed E-state index contributed by atoms with van der Waals surface area (Å²) in [6.07, 6.45) is 0. The van der Waals surface area contributed by atoms with E-state index in [-0.39, 0.29) is 18.0 Å². The molecule has 1 aromatic heterocycles. The molecule has 0 unspecified atom stereocenters. The SMILES string of the molecule is Cc1c([N+](=O)[O-])cc(I)c(=O)n1COCC[Si](C)(C)C. The van der Waals surface area contributed by atoms with Gasteiger partial charge in [-0.3, -0.25) is 19.5 Å². The third-order valence-corrected chi connectivity index (χ3v) is 5.38. The summed E-state index contributed by atoms with van der Waals surface area (Å²) in [5.41, 5.74) is 0.0259. The molecule has 1 heterocycles. The molecule has 0 aliphatic carbocycles. The highest BCUT2D eigenvalue weighted by atomic mass is 127.